The van der Waals surface area contributed by atoms with Crippen LogP contribution in [0.4, 0.5) is 0 Å². The lowest BCUT2D eigenvalue weighted by Crippen LogP contribution is -2.56. The van der Waals surface area contributed by atoms with Gasteiger partial charge in [-0.1, -0.05) is 37.5 Å². The van der Waals surface area contributed by atoms with Gasteiger partial charge in [0.15, 0.2) is 0 Å². The molecule has 0 radical (unpaired) electrons. The molecule has 1 aliphatic carbocycles. The first-order valence-corrected chi connectivity index (χ1v) is 9.58. The van der Waals surface area contributed by atoms with E-state index in [0.29, 0.717) is 6.54 Å². The van der Waals surface area contributed by atoms with Crippen LogP contribution in [-0.2, 0) is 4.79 Å². The Morgan fingerprint density at radius 3 is 2.41 bits per heavy atom. The molecule has 1 saturated carbocycles. The molecule has 5 nitrogen and oxygen atoms in total. The summed E-state index contributed by atoms with van der Waals surface area (Å²) in [7, 11) is 1.70. The van der Waals surface area contributed by atoms with Crippen LogP contribution in [0.3, 0.4) is 0 Å². The highest BCUT2D eigenvalue weighted by Crippen LogP contribution is 2.32. The van der Waals surface area contributed by atoms with E-state index in [0.717, 1.165) is 50.1 Å². The number of benzene rings is 1. The Kier molecular flexibility index (Phi) is 9.88. The highest BCUT2D eigenvalue weighted by molar-refractivity contribution is 5.86. The number of hydrogen-bond donors (Lipinski definition) is 2. The highest BCUT2D eigenvalue weighted by Gasteiger charge is 2.36. The number of likely N-dealkylation sites (tertiary alicyclic amines) is 1. The van der Waals surface area contributed by atoms with Crippen molar-refractivity contribution in [2.45, 2.75) is 56.5 Å². The van der Waals surface area contributed by atoms with Crippen LogP contribution in [0.5, 0.6) is 5.75 Å². The van der Waals surface area contributed by atoms with Crippen molar-refractivity contribution in [2.75, 3.05) is 26.7 Å². The second kappa shape index (κ2) is 11.1. The molecule has 0 bridgehead atoms. The average molecular weight is 418 g/mol. The van der Waals surface area contributed by atoms with Crippen molar-refractivity contribution in [2.24, 2.45) is 5.73 Å². The molecule has 154 valence electrons. The van der Waals surface area contributed by atoms with Crippen LogP contribution in [0.1, 0.15) is 56.6 Å². The van der Waals surface area contributed by atoms with Crippen molar-refractivity contribution in [3.8, 4) is 5.75 Å². The van der Waals surface area contributed by atoms with E-state index in [-0.39, 0.29) is 36.8 Å². The standard InChI is InChI=1S/C20H31N3O2.2ClH/c1-25-18-10-4-3-9-16(18)17(23-13-7-8-14-23)15-22-19(24)20(21)11-5-2-6-12-20;;/h3-4,9-10,17H,2,5-8,11-15,21H2,1H3,(H,22,24);2*1H. The van der Waals surface area contributed by atoms with Crippen molar-refractivity contribution in [3.05, 3.63) is 29.8 Å². The smallest absolute Gasteiger partial charge is 0.240 e. The van der Waals surface area contributed by atoms with Crippen LogP contribution in [-0.4, -0.2) is 43.1 Å². The van der Waals surface area contributed by atoms with Crippen molar-refractivity contribution in [1.29, 1.82) is 0 Å². The lowest BCUT2D eigenvalue weighted by Gasteiger charge is -2.34. The number of nitrogens with two attached hydrogens (primary N) is 1. The molecular formula is C20H33Cl2N3O2. The molecule has 1 aromatic carbocycles. The minimum Gasteiger partial charge on any atom is -0.496 e. The average Bonchev–Trinajstić information content (AvgIpc) is 3.17. The summed E-state index contributed by atoms with van der Waals surface area (Å²) in [5.41, 5.74) is 6.84. The maximum atomic E-state index is 12.7. The summed E-state index contributed by atoms with van der Waals surface area (Å²) in [6.45, 7) is 2.71. The fourth-order valence-electron chi connectivity index (χ4n) is 4.21. The molecule has 2 aliphatic rings. The molecular weight excluding hydrogens is 385 g/mol. The third-order valence-electron chi connectivity index (χ3n) is 5.73. The zero-order valence-corrected chi connectivity index (χ0v) is 17.7. The Morgan fingerprint density at radius 1 is 1.15 bits per heavy atom. The summed E-state index contributed by atoms with van der Waals surface area (Å²) in [4.78, 5) is 15.2. The molecule has 1 amide bonds. The molecule has 27 heavy (non-hydrogen) atoms. The number of nitrogens with one attached hydrogen (secondary N) is 1. The van der Waals surface area contributed by atoms with Gasteiger partial charge in [0.05, 0.1) is 18.7 Å². The van der Waals surface area contributed by atoms with Gasteiger partial charge in [0.25, 0.3) is 0 Å². The SMILES string of the molecule is COc1ccccc1C(CNC(=O)C1(N)CCCCC1)N1CCCC1.Cl.Cl. The van der Waals surface area contributed by atoms with Gasteiger partial charge >= 0.3 is 0 Å². The number of ether oxygens (including phenoxy) is 1. The van der Waals surface area contributed by atoms with Gasteiger partial charge < -0.3 is 15.8 Å². The van der Waals surface area contributed by atoms with Crippen LogP contribution in [0.25, 0.3) is 0 Å². The summed E-state index contributed by atoms with van der Waals surface area (Å²) in [6, 6.07) is 8.25. The third-order valence-corrected chi connectivity index (χ3v) is 5.73. The summed E-state index contributed by atoms with van der Waals surface area (Å²) in [5.74, 6) is 0.889. The van der Waals surface area contributed by atoms with E-state index < -0.39 is 5.54 Å². The van der Waals surface area contributed by atoms with Crippen molar-refractivity contribution in [3.63, 3.8) is 0 Å². The van der Waals surface area contributed by atoms with Crippen LogP contribution in [0, 0.1) is 0 Å². The first-order valence-electron chi connectivity index (χ1n) is 9.58. The van der Waals surface area contributed by atoms with E-state index in [2.05, 4.69) is 16.3 Å². The maximum absolute atomic E-state index is 12.7. The van der Waals surface area contributed by atoms with Gasteiger partial charge in [0.1, 0.15) is 5.75 Å². The van der Waals surface area contributed by atoms with Gasteiger partial charge in [-0.3, -0.25) is 9.69 Å². The largest absolute Gasteiger partial charge is 0.496 e. The van der Waals surface area contributed by atoms with Crippen molar-refractivity contribution in [1.82, 2.24) is 10.2 Å². The second-order valence-electron chi connectivity index (χ2n) is 7.43. The van der Waals surface area contributed by atoms with E-state index >= 15 is 0 Å². The quantitative estimate of drug-likeness (QED) is 0.743. The summed E-state index contributed by atoms with van der Waals surface area (Å²) in [6.07, 6.45) is 7.28. The van der Waals surface area contributed by atoms with E-state index in [1.54, 1.807) is 7.11 Å². The van der Waals surface area contributed by atoms with Gasteiger partial charge in [-0.2, -0.15) is 0 Å². The minimum atomic E-state index is -0.686. The van der Waals surface area contributed by atoms with Crippen molar-refractivity contribution < 1.29 is 9.53 Å². The topological polar surface area (TPSA) is 67.6 Å². The Hall–Kier alpha value is -1.01. The van der Waals surface area contributed by atoms with E-state index in [1.165, 1.54) is 19.3 Å². The first-order chi connectivity index (χ1) is 12.1. The molecule has 1 aromatic rings. The zero-order chi connectivity index (χ0) is 17.7. The van der Waals surface area contributed by atoms with Gasteiger partial charge in [-0.25, -0.2) is 0 Å². The molecule has 0 spiro atoms. The number of amides is 1. The number of carbonyl (C=O) groups is 1. The summed E-state index contributed by atoms with van der Waals surface area (Å²) < 4.78 is 5.56. The van der Waals surface area contributed by atoms with E-state index in [4.69, 9.17) is 10.5 Å². The molecule has 1 unspecified atom stereocenters. The van der Waals surface area contributed by atoms with Crippen LogP contribution in [0.15, 0.2) is 24.3 Å². The van der Waals surface area contributed by atoms with E-state index in [9.17, 15) is 4.79 Å². The molecule has 7 heteroatoms. The highest BCUT2D eigenvalue weighted by atomic mass is 35.5. The van der Waals surface area contributed by atoms with E-state index in [1.807, 2.05) is 18.2 Å². The maximum Gasteiger partial charge on any atom is 0.240 e. The molecule has 1 aliphatic heterocycles. The zero-order valence-electron chi connectivity index (χ0n) is 16.1. The summed E-state index contributed by atoms with van der Waals surface area (Å²) in [5, 5.41) is 3.16. The summed E-state index contributed by atoms with van der Waals surface area (Å²) >= 11 is 0. The van der Waals surface area contributed by atoms with Crippen LogP contribution >= 0.6 is 24.8 Å². The molecule has 3 N–H and O–H groups in total. The predicted octanol–water partition coefficient (Wildman–Crippen LogP) is 3.45. The molecule has 1 heterocycles. The fourth-order valence-corrected chi connectivity index (χ4v) is 4.21. The molecule has 2 fully saturated rings. The third kappa shape index (κ3) is 5.74. The number of hydrogen-bond acceptors (Lipinski definition) is 4. The minimum absolute atomic E-state index is 0. The number of carbonyl (C=O) groups excluding carboxylic acids is 1. The fraction of sp³-hybridized carbons (Fsp3) is 0.650. The number of methoxy groups -OCH3 is 1. The Balaban J connectivity index is 0.00000182. The number of halogens is 2. The number of nitrogens with zero attached hydrogens (tertiary/aromatic N) is 1. The van der Waals surface area contributed by atoms with Crippen LogP contribution in [0.2, 0.25) is 0 Å². The van der Waals surface area contributed by atoms with Gasteiger partial charge in [0.2, 0.25) is 5.91 Å². The normalized spacial score (nSPS) is 20.1. The molecule has 3 rings (SSSR count). The molecule has 1 saturated heterocycles. The lowest BCUT2D eigenvalue weighted by molar-refractivity contribution is -0.127. The Morgan fingerprint density at radius 2 is 1.78 bits per heavy atom. The van der Waals surface area contributed by atoms with Crippen LogP contribution < -0.4 is 15.8 Å². The van der Waals surface area contributed by atoms with Gasteiger partial charge in [-0.05, 0) is 44.8 Å². The second-order valence-corrected chi connectivity index (χ2v) is 7.43. The number of para-hydroxylation sites is 1. The lowest BCUT2D eigenvalue weighted by atomic mass is 9.82. The molecule has 0 aromatic heterocycles. The van der Waals surface area contributed by atoms with Gasteiger partial charge in [0, 0.05) is 12.1 Å². The van der Waals surface area contributed by atoms with Gasteiger partial charge in [-0.15, -0.1) is 24.8 Å². The van der Waals surface area contributed by atoms with Crippen molar-refractivity contribution >= 4 is 30.7 Å². The predicted molar refractivity (Wildman–Crippen MR) is 114 cm³/mol. The monoisotopic (exact) mass is 417 g/mol. The molecule has 1 atom stereocenters. The Bertz CT molecular complexity index is 588. The number of rotatable bonds is 6. The first kappa shape index (κ1) is 24.0. The Labute approximate surface area is 175 Å².